The molecule has 0 aliphatic heterocycles. The van der Waals surface area contributed by atoms with Gasteiger partial charge in [0.25, 0.3) is 0 Å². The number of hydrogen-bond donors (Lipinski definition) is 1. The monoisotopic (exact) mass is 231 g/mol. The Morgan fingerprint density at radius 2 is 1.88 bits per heavy atom. The van der Waals surface area contributed by atoms with Crippen LogP contribution in [0.25, 0.3) is 0 Å². The summed E-state index contributed by atoms with van der Waals surface area (Å²) in [6.07, 6.45) is 1.17. The Morgan fingerprint density at radius 1 is 1.25 bits per heavy atom. The summed E-state index contributed by atoms with van der Waals surface area (Å²) in [6, 6.07) is 0. The maximum Gasteiger partial charge on any atom is 0.0656 e. The standard InChI is InChI=1S/C12H29N3O/c1-6-15(9-7-8-14(3)4)12(2,10-13)11-16-5/h6-11,13H2,1-5H3. The Balaban J connectivity index is 4.21. The van der Waals surface area contributed by atoms with E-state index in [-0.39, 0.29) is 5.54 Å². The Kier molecular flexibility index (Phi) is 7.93. The molecule has 0 heterocycles. The van der Waals surface area contributed by atoms with Crippen LogP contribution in [-0.2, 0) is 4.74 Å². The molecule has 0 aliphatic carbocycles. The first-order valence-electron chi connectivity index (χ1n) is 6.09. The zero-order chi connectivity index (χ0) is 12.6. The van der Waals surface area contributed by atoms with Gasteiger partial charge < -0.3 is 15.4 Å². The van der Waals surface area contributed by atoms with E-state index in [2.05, 4.69) is 37.7 Å². The van der Waals surface area contributed by atoms with E-state index in [9.17, 15) is 0 Å². The highest BCUT2D eigenvalue weighted by Gasteiger charge is 2.28. The van der Waals surface area contributed by atoms with Crippen molar-refractivity contribution < 1.29 is 4.74 Å². The van der Waals surface area contributed by atoms with Crippen LogP contribution in [0.15, 0.2) is 0 Å². The van der Waals surface area contributed by atoms with Gasteiger partial charge in [0.1, 0.15) is 0 Å². The number of nitrogens with zero attached hydrogens (tertiary/aromatic N) is 2. The summed E-state index contributed by atoms with van der Waals surface area (Å²) < 4.78 is 5.28. The van der Waals surface area contributed by atoms with Crippen LogP contribution in [0.2, 0.25) is 0 Å². The number of ether oxygens (including phenoxy) is 1. The highest BCUT2D eigenvalue weighted by molar-refractivity contribution is 4.86. The molecule has 2 N–H and O–H groups in total. The second kappa shape index (κ2) is 8.01. The highest BCUT2D eigenvalue weighted by Crippen LogP contribution is 2.14. The molecular formula is C12H29N3O. The topological polar surface area (TPSA) is 41.7 Å². The van der Waals surface area contributed by atoms with Crippen molar-refractivity contribution in [1.29, 1.82) is 0 Å². The normalized spacial score (nSPS) is 15.8. The second-order valence-electron chi connectivity index (χ2n) is 4.87. The molecule has 0 rings (SSSR count). The van der Waals surface area contributed by atoms with Crippen molar-refractivity contribution in [1.82, 2.24) is 9.80 Å². The van der Waals surface area contributed by atoms with Gasteiger partial charge in [-0.3, -0.25) is 4.90 Å². The fraction of sp³-hybridized carbons (Fsp3) is 1.00. The molecular weight excluding hydrogens is 202 g/mol. The summed E-state index contributed by atoms with van der Waals surface area (Å²) in [6.45, 7) is 8.89. The summed E-state index contributed by atoms with van der Waals surface area (Å²) in [4.78, 5) is 4.63. The molecule has 98 valence electrons. The first-order chi connectivity index (χ1) is 7.50. The third-order valence-electron chi connectivity index (χ3n) is 3.07. The number of methoxy groups -OCH3 is 1. The predicted molar refractivity (Wildman–Crippen MR) is 69.8 cm³/mol. The fourth-order valence-electron chi connectivity index (χ4n) is 1.98. The molecule has 4 nitrogen and oxygen atoms in total. The van der Waals surface area contributed by atoms with E-state index in [1.54, 1.807) is 7.11 Å². The first kappa shape index (κ1) is 15.8. The van der Waals surface area contributed by atoms with E-state index in [1.807, 2.05) is 0 Å². The van der Waals surface area contributed by atoms with Crippen LogP contribution in [0.1, 0.15) is 20.3 Å². The summed E-state index contributed by atoms with van der Waals surface area (Å²) in [5.74, 6) is 0. The molecule has 16 heavy (non-hydrogen) atoms. The molecule has 0 spiro atoms. The van der Waals surface area contributed by atoms with Crippen molar-refractivity contribution >= 4 is 0 Å². The van der Waals surface area contributed by atoms with Crippen LogP contribution >= 0.6 is 0 Å². The molecule has 0 aromatic rings. The van der Waals surface area contributed by atoms with Crippen LogP contribution in [0.5, 0.6) is 0 Å². The SMILES string of the molecule is CCN(CCCN(C)C)C(C)(CN)COC. The molecule has 0 amide bonds. The predicted octanol–water partition coefficient (Wildman–Crippen LogP) is 0.624. The summed E-state index contributed by atoms with van der Waals surface area (Å²) in [5, 5.41) is 0. The lowest BCUT2D eigenvalue weighted by molar-refractivity contribution is 0.0284. The van der Waals surface area contributed by atoms with Gasteiger partial charge in [0.05, 0.1) is 12.1 Å². The number of hydrogen-bond acceptors (Lipinski definition) is 4. The summed E-state index contributed by atoms with van der Waals surface area (Å²) in [7, 11) is 5.95. The fourth-order valence-corrected chi connectivity index (χ4v) is 1.98. The minimum atomic E-state index is -0.0319. The van der Waals surface area contributed by atoms with Crippen LogP contribution in [0, 0.1) is 0 Å². The van der Waals surface area contributed by atoms with Gasteiger partial charge in [0, 0.05) is 20.2 Å². The van der Waals surface area contributed by atoms with Crippen molar-refractivity contribution in [2.75, 3.05) is 54.0 Å². The average Bonchev–Trinajstić information content (AvgIpc) is 2.24. The van der Waals surface area contributed by atoms with E-state index in [0.717, 1.165) is 19.6 Å². The van der Waals surface area contributed by atoms with Gasteiger partial charge in [-0.05, 0) is 40.5 Å². The minimum absolute atomic E-state index is 0.0319. The quantitative estimate of drug-likeness (QED) is 0.632. The molecule has 0 saturated heterocycles. The number of rotatable bonds is 9. The third kappa shape index (κ3) is 5.25. The van der Waals surface area contributed by atoms with Crippen molar-refractivity contribution in [2.45, 2.75) is 25.8 Å². The zero-order valence-corrected chi connectivity index (χ0v) is 11.6. The lowest BCUT2D eigenvalue weighted by atomic mass is 10.0. The van der Waals surface area contributed by atoms with Gasteiger partial charge in [0.2, 0.25) is 0 Å². The van der Waals surface area contributed by atoms with Crippen molar-refractivity contribution in [3.05, 3.63) is 0 Å². The van der Waals surface area contributed by atoms with Gasteiger partial charge in [-0.25, -0.2) is 0 Å². The molecule has 0 saturated carbocycles. The Bertz CT molecular complexity index is 176. The van der Waals surface area contributed by atoms with Crippen LogP contribution in [0.3, 0.4) is 0 Å². The molecule has 0 aromatic carbocycles. The first-order valence-corrected chi connectivity index (χ1v) is 6.09. The van der Waals surface area contributed by atoms with Gasteiger partial charge in [0.15, 0.2) is 0 Å². The van der Waals surface area contributed by atoms with E-state index >= 15 is 0 Å². The molecule has 1 unspecified atom stereocenters. The molecule has 0 radical (unpaired) electrons. The molecule has 0 fully saturated rings. The summed E-state index contributed by atoms with van der Waals surface area (Å²) >= 11 is 0. The lowest BCUT2D eigenvalue weighted by Crippen LogP contribution is -2.55. The van der Waals surface area contributed by atoms with E-state index in [1.165, 1.54) is 6.42 Å². The van der Waals surface area contributed by atoms with Crippen LogP contribution < -0.4 is 5.73 Å². The average molecular weight is 231 g/mol. The summed E-state index contributed by atoms with van der Waals surface area (Å²) in [5.41, 5.74) is 5.84. The van der Waals surface area contributed by atoms with E-state index in [0.29, 0.717) is 13.2 Å². The highest BCUT2D eigenvalue weighted by atomic mass is 16.5. The van der Waals surface area contributed by atoms with Crippen molar-refractivity contribution in [2.24, 2.45) is 5.73 Å². The van der Waals surface area contributed by atoms with E-state index in [4.69, 9.17) is 10.5 Å². The van der Waals surface area contributed by atoms with Crippen molar-refractivity contribution in [3.8, 4) is 0 Å². The lowest BCUT2D eigenvalue weighted by Gasteiger charge is -2.39. The molecule has 0 bridgehead atoms. The smallest absolute Gasteiger partial charge is 0.0656 e. The maximum atomic E-state index is 5.87. The molecule has 1 atom stereocenters. The van der Waals surface area contributed by atoms with Gasteiger partial charge in [-0.15, -0.1) is 0 Å². The number of likely N-dealkylation sites (N-methyl/N-ethyl adjacent to an activating group) is 1. The molecule has 4 heteroatoms. The van der Waals surface area contributed by atoms with Crippen molar-refractivity contribution in [3.63, 3.8) is 0 Å². The third-order valence-corrected chi connectivity index (χ3v) is 3.07. The van der Waals surface area contributed by atoms with Gasteiger partial charge in [-0.2, -0.15) is 0 Å². The Hall–Kier alpha value is -0.160. The number of nitrogens with two attached hydrogens (primary N) is 1. The minimum Gasteiger partial charge on any atom is -0.383 e. The zero-order valence-electron chi connectivity index (χ0n) is 11.6. The maximum absolute atomic E-state index is 5.87. The van der Waals surface area contributed by atoms with E-state index < -0.39 is 0 Å². The van der Waals surface area contributed by atoms with Gasteiger partial charge in [-0.1, -0.05) is 6.92 Å². The Morgan fingerprint density at radius 3 is 2.25 bits per heavy atom. The molecule has 0 aromatic heterocycles. The second-order valence-corrected chi connectivity index (χ2v) is 4.87. The molecule has 0 aliphatic rings. The van der Waals surface area contributed by atoms with Gasteiger partial charge >= 0.3 is 0 Å². The largest absolute Gasteiger partial charge is 0.383 e. The van der Waals surface area contributed by atoms with Crippen LogP contribution in [-0.4, -0.2) is 69.3 Å². The van der Waals surface area contributed by atoms with Crippen LogP contribution in [0.4, 0.5) is 0 Å². The Labute approximate surface area is 101 Å².